The molecule has 1 aliphatic heterocycles. The molecule has 1 atom stereocenters. The molecule has 2 N–H and O–H groups in total. The molecule has 3 nitrogen and oxygen atoms in total. The minimum absolute atomic E-state index is 0.311. The second-order valence-corrected chi connectivity index (χ2v) is 4.91. The van der Waals surface area contributed by atoms with Gasteiger partial charge >= 0.3 is 0 Å². The Morgan fingerprint density at radius 1 is 1.62 bits per heavy atom. The molecule has 0 radical (unpaired) electrons. The molecule has 0 spiro atoms. The summed E-state index contributed by atoms with van der Waals surface area (Å²) in [5.74, 6) is 0.0231. The highest BCUT2D eigenvalue weighted by Gasteiger charge is 2.13. The maximum Gasteiger partial charge on any atom is 0.166 e. The predicted octanol–water partition coefficient (Wildman–Crippen LogP) is 2.54. The first-order valence-electron chi connectivity index (χ1n) is 5.54. The molecule has 1 aromatic heterocycles. The van der Waals surface area contributed by atoms with Crippen LogP contribution in [-0.4, -0.2) is 24.1 Å². The molecular formula is C11H15BrFN3. The zero-order valence-electron chi connectivity index (χ0n) is 8.97. The standard InChI is InChI=1S/C11H15BrFN3/c12-8-6-10(13)11(16-7-8)15-5-3-9-2-1-4-14-9/h6-7,9,14H,1-5H2,(H,15,16)/t9-/m0/s1. The molecule has 5 heteroatoms. The lowest BCUT2D eigenvalue weighted by atomic mass is 10.1. The van der Waals surface area contributed by atoms with E-state index in [0.717, 1.165) is 19.5 Å². The second kappa shape index (κ2) is 5.59. The van der Waals surface area contributed by atoms with Crippen LogP contribution in [-0.2, 0) is 0 Å². The van der Waals surface area contributed by atoms with Crippen LogP contribution in [0, 0.1) is 5.82 Å². The van der Waals surface area contributed by atoms with E-state index in [0.29, 0.717) is 16.3 Å². The van der Waals surface area contributed by atoms with Gasteiger partial charge in [0.2, 0.25) is 0 Å². The fourth-order valence-electron chi connectivity index (χ4n) is 1.91. The highest BCUT2D eigenvalue weighted by molar-refractivity contribution is 9.10. The Balaban J connectivity index is 1.80. The zero-order valence-corrected chi connectivity index (χ0v) is 10.6. The van der Waals surface area contributed by atoms with Crippen molar-refractivity contribution in [2.45, 2.75) is 25.3 Å². The first kappa shape index (κ1) is 11.8. The van der Waals surface area contributed by atoms with E-state index in [1.807, 2.05) is 0 Å². The van der Waals surface area contributed by atoms with Gasteiger partial charge in [-0.15, -0.1) is 0 Å². The summed E-state index contributed by atoms with van der Waals surface area (Å²) in [5.41, 5.74) is 0. The first-order chi connectivity index (χ1) is 7.75. The van der Waals surface area contributed by atoms with Gasteiger partial charge in [0, 0.05) is 23.3 Å². The summed E-state index contributed by atoms with van der Waals surface area (Å²) < 4.78 is 14.0. The third kappa shape index (κ3) is 3.15. The van der Waals surface area contributed by atoms with Gasteiger partial charge in [-0.3, -0.25) is 0 Å². The van der Waals surface area contributed by atoms with Crippen LogP contribution in [0.1, 0.15) is 19.3 Å². The lowest BCUT2D eigenvalue weighted by Crippen LogP contribution is -2.24. The van der Waals surface area contributed by atoms with Gasteiger partial charge in [0.25, 0.3) is 0 Å². The van der Waals surface area contributed by atoms with Crippen molar-refractivity contribution in [1.29, 1.82) is 0 Å². The topological polar surface area (TPSA) is 37.0 Å². The molecule has 0 saturated carbocycles. The third-order valence-corrected chi connectivity index (χ3v) is 3.19. The molecule has 2 rings (SSSR count). The maximum atomic E-state index is 13.4. The van der Waals surface area contributed by atoms with Crippen LogP contribution in [0.3, 0.4) is 0 Å². The average Bonchev–Trinajstić information content (AvgIpc) is 2.74. The third-order valence-electron chi connectivity index (χ3n) is 2.76. The largest absolute Gasteiger partial charge is 0.368 e. The van der Waals surface area contributed by atoms with Crippen LogP contribution in [0.4, 0.5) is 10.2 Å². The maximum absolute atomic E-state index is 13.4. The van der Waals surface area contributed by atoms with E-state index in [1.54, 1.807) is 6.20 Å². The normalized spacial score (nSPS) is 20.0. The van der Waals surface area contributed by atoms with Crippen molar-refractivity contribution < 1.29 is 4.39 Å². The van der Waals surface area contributed by atoms with Gasteiger partial charge in [0.15, 0.2) is 11.6 Å². The number of nitrogens with zero attached hydrogens (tertiary/aromatic N) is 1. The Kier molecular flexibility index (Phi) is 4.12. The lowest BCUT2D eigenvalue weighted by molar-refractivity contribution is 0.570. The van der Waals surface area contributed by atoms with Gasteiger partial charge < -0.3 is 10.6 Å². The van der Waals surface area contributed by atoms with E-state index in [-0.39, 0.29) is 5.82 Å². The van der Waals surface area contributed by atoms with Crippen molar-refractivity contribution in [3.05, 3.63) is 22.6 Å². The van der Waals surface area contributed by atoms with E-state index in [1.165, 1.54) is 18.9 Å². The predicted molar refractivity (Wildman–Crippen MR) is 66.0 cm³/mol. The second-order valence-electron chi connectivity index (χ2n) is 3.99. The van der Waals surface area contributed by atoms with Crippen LogP contribution in [0.2, 0.25) is 0 Å². The smallest absolute Gasteiger partial charge is 0.166 e. The minimum atomic E-state index is -0.311. The average molecular weight is 288 g/mol. The number of rotatable bonds is 4. The number of pyridine rings is 1. The van der Waals surface area contributed by atoms with E-state index in [2.05, 4.69) is 31.5 Å². The van der Waals surface area contributed by atoms with Gasteiger partial charge in [0.1, 0.15) is 0 Å². The molecule has 0 unspecified atom stereocenters. The quantitative estimate of drug-likeness (QED) is 0.894. The van der Waals surface area contributed by atoms with Crippen molar-refractivity contribution in [2.24, 2.45) is 0 Å². The monoisotopic (exact) mass is 287 g/mol. The molecule has 1 fully saturated rings. The summed E-state index contributed by atoms with van der Waals surface area (Å²) in [4.78, 5) is 3.99. The molecule has 16 heavy (non-hydrogen) atoms. The highest BCUT2D eigenvalue weighted by Crippen LogP contribution is 2.16. The Hall–Kier alpha value is -0.680. The van der Waals surface area contributed by atoms with Crippen molar-refractivity contribution in [2.75, 3.05) is 18.4 Å². The molecule has 0 bridgehead atoms. The molecule has 0 aromatic carbocycles. The van der Waals surface area contributed by atoms with Crippen molar-refractivity contribution in [3.8, 4) is 0 Å². The van der Waals surface area contributed by atoms with Crippen molar-refractivity contribution in [3.63, 3.8) is 0 Å². The molecule has 1 saturated heterocycles. The van der Waals surface area contributed by atoms with E-state index in [9.17, 15) is 4.39 Å². The zero-order chi connectivity index (χ0) is 11.4. The Morgan fingerprint density at radius 3 is 3.19 bits per heavy atom. The van der Waals surface area contributed by atoms with E-state index >= 15 is 0 Å². The fraction of sp³-hybridized carbons (Fsp3) is 0.545. The lowest BCUT2D eigenvalue weighted by Gasteiger charge is -2.11. The van der Waals surface area contributed by atoms with Crippen LogP contribution in [0.15, 0.2) is 16.7 Å². The van der Waals surface area contributed by atoms with Gasteiger partial charge in [-0.05, 0) is 47.8 Å². The number of nitrogens with one attached hydrogen (secondary N) is 2. The van der Waals surface area contributed by atoms with Gasteiger partial charge in [-0.2, -0.15) is 0 Å². The summed E-state index contributed by atoms with van der Waals surface area (Å²) >= 11 is 3.18. The highest BCUT2D eigenvalue weighted by atomic mass is 79.9. The number of aromatic nitrogens is 1. The summed E-state index contributed by atoms with van der Waals surface area (Å²) in [6.45, 7) is 1.86. The fourth-order valence-corrected chi connectivity index (χ4v) is 2.22. The molecular weight excluding hydrogens is 273 g/mol. The van der Waals surface area contributed by atoms with Crippen LogP contribution in [0.25, 0.3) is 0 Å². The van der Waals surface area contributed by atoms with Crippen LogP contribution >= 0.6 is 15.9 Å². The number of anilines is 1. The number of hydrogen-bond donors (Lipinski definition) is 2. The molecule has 2 heterocycles. The van der Waals surface area contributed by atoms with E-state index < -0.39 is 0 Å². The first-order valence-corrected chi connectivity index (χ1v) is 6.33. The van der Waals surface area contributed by atoms with Gasteiger partial charge in [0.05, 0.1) is 0 Å². The van der Waals surface area contributed by atoms with E-state index in [4.69, 9.17) is 0 Å². The molecule has 0 aliphatic carbocycles. The number of halogens is 2. The Bertz CT molecular complexity index is 353. The SMILES string of the molecule is Fc1cc(Br)cnc1NCC[C@@H]1CCCN1. The number of hydrogen-bond acceptors (Lipinski definition) is 3. The van der Waals surface area contributed by atoms with Gasteiger partial charge in [-0.25, -0.2) is 9.37 Å². The van der Waals surface area contributed by atoms with Crippen molar-refractivity contribution >= 4 is 21.7 Å². The summed E-state index contributed by atoms with van der Waals surface area (Å²) in [7, 11) is 0. The molecule has 0 amide bonds. The molecule has 1 aliphatic rings. The summed E-state index contributed by atoms with van der Waals surface area (Å²) in [5, 5.41) is 6.43. The summed E-state index contributed by atoms with van der Waals surface area (Å²) in [6, 6.07) is 1.99. The Labute approximate surface area is 103 Å². The Morgan fingerprint density at radius 2 is 2.50 bits per heavy atom. The molecule has 1 aromatic rings. The summed E-state index contributed by atoms with van der Waals surface area (Å²) in [6.07, 6.45) is 5.07. The van der Waals surface area contributed by atoms with Crippen LogP contribution in [0.5, 0.6) is 0 Å². The van der Waals surface area contributed by atoms with Crippen LogP contribution < -0.4 is 10.6 Å². The van der Waals surface area contributed by atoms with Crippen molar-refractivity contribution in [1.82, 2.24) is 10.3 Å². The molecule has 88 valence electrons. The minimum Gasteiger partial charge on any atom is -0.368 e. The van der Waals surface area contributed by atoms with Gasteiger partial charge in [-0.1, -0.05) is 0 Å².